The summed E-state index contributed by atoms with van der Waals surface area (Å²) in [5.41, 5.74) is 1.65. The number of nitrogens with two attached hydrogens (primary N) is 1. The Labute approximate surface area is 247 Å². The molecule has 42 heavy (non-hydrogen) atoms. The maximum atomic E-state index is 14.1. The zero-order valence-electron chi connectivity index (χ0n) is 24.2. The van der Waals surface area contributed by atoms with E-state index in [2.05, 4.69) is 10.6 Å². The molecule has 11 heteroatoms. The molecule has 226 valence electrons. The number of anilines is 1. The number of nitrogens with zero attached hydrogens (tertiary/aromatic N) is 1. The molecule has 0 aliphatic carbocycles. The summed E-state index contributed by atoms with van der Waals surface area (Å²) < 4.78 is 29.9. The van der Waals surface area contributed by atoms with Gasteiger partial charge in [-0.15, -0.1) is 0 Å². The molecule has 3 rings (SSSR count). The minimum atomic E-state index is -4.22. The van der Waals surface area contributed by atoms with Crippen LogP contribution in [0.1, 0.15) is 53.0 Å². The third kappa shape index (κ3) is 9.04. The standard InChI is InChI=1S/C31H40N4O6S/c1-4-14-33-30(37)23-17-24(19-27(18-23)42(32,39)40)31(38)35(15-5-2)28(16-22-10-7-6-8-11-22)29(36)21-34-25-12-9-13-26(20-25)41-3/h6-13,17-20,28-29,34,36H,4-5,14-16,21H2,1-3H3,(H,33,37)(H2,32,39,40)/t28-,29+/m0/s1. The van der Waals surface area contributed by atoms with Crippen LogP contribution in [0.2, 0.25) is 0 Å². The quantitative estimate of drug-likeness (QED) is 0.210. The summed E-state index contributed by atoms with van der Waals surface area (Å²) in [5.74, 6) is -0.373. The van der Waals surface area contributed by atoms with Gasteiger partial charge in [-0.05, 0) is 55.2 Å². The summed E-state index contributed by atoms with van der Waals surface area (Å²) in [6.45, 7) is 4.59. The van der Waals surface area contributed by atoms with Gasteiger partial charge in [0.2, 0.25) is 10.0 Å². The van der Waals surface area contributed by atoms with Gasteiger partial charge in [0, 0.05) is 42.5 Å². The lowest BCUT2D eigenvalue weighted by molar-refractivity contribution is 0.0393. The Morgan fingerprint density at radius 1 is 0.976 bits per heavy atom. The predicted octanol–water partition coefficient (Wildman–Crippen LogP) is 3.42. The van der Waals surface area contributed by atoms with Crippen LogP contribution < -0.4 is 20.5 Å². The van der Waals surface area contributed by atoms with Crippen molar-refractivity contribution in [2.45, 2.75) is 50.2 Å². The molecular weight excluding hydrogens is 556 g/mol. The van der Waals surface area contributed by atoms with Crippen molar-refractivity contribution < 1.29 is 27.9 Å². The largest absolute Gasteiger partial charge is 0.497 e. The van der Waals surface area contributed by atoms with Crippen molar-refractivity contribution in [3.63, 3.8) is 0 Å². The Balaban J connectivity index is 2.01. The number of nitrogens with one attached hydrogen (secondary N) is 2. The number of rotatable bonds is 15. The number of ether oxygens (including phenoxy) is 1. The normalized spacial score (nSPS) is 12.7. The van der Waals surface area contributed by atoms with Crippen molar-refractivity contribution in [1.82, 2.24) is 10.2 Å². The summed E-state index contributed by atoms with van der Waals surface area (Å²) in [6, 6.07) is 19.8. The molecule has 0 spiro atoms. The number of carbonyl (C=O) groups excluding carboxylic acids is 2. The Morgan fingerprint density at radius 2 is 1.69 bits per heavy atom. The number of methoxy groups -OCH3 is 1. The maximum absolute atomic E-state index is 14.1. The fraction of sp³-hybridized carbons (Fsp3) is 0.355. The number of hydrogen-bond acceptors (Lipinski definition) is 7. The molecule has 0 bridgehead atoms. The third-order valence-corrected chi connectivity index (χ3v) is 7.62. The van der Waals surface area contributed by atoms with Crippen molar-refractivity contribution >= 4 is 27.5 Å². The third-order valence-electron chi connectivity index (χ3n) is 6.72. The minimum absolute atomic E-state index is 0.00891. The van der Waals surface area contributed by atoms with E-state index in [4.69, 9.17) is 9.88 Å². The maximum Gasteiger partial charge on any atom is 0.254 e. The fourth-order valence-electron chi connectivity index (χ4n) is 4.58. The molecule has 0 aromatic heterocycles. The van der Waals surface area contributed by atoms with E-state index < -0.39 is 34.0 Å². The topological polar surface area (TPSA) is 151 Å². The van der Waals surface area contributed by atoms with Crippen molar-refractivity contribution in [2.24, 2.45) is 5.14 Å². The van der Waals surface area contributed by atoms with Crippen molar-refractivity contribution in [2.75, 3.05) is 32.1 Å². The summed E-state index contributed by atoms with van der Waals surface area (Å²) in [7, 11) is -2.65. The molecular formula is C31H40N4O6S. The molecule has 5 N–H and O–H groups in total. The van der Waals surface area contributed by atoms with E-state index in [9.17, 15) is 23.1 Å². The average molecular weight is 597 g/mol. The van der Waals surface area contributed by atoms with Crippen LogP contribution in [-0.2, 0) is 16.4 Å². The molecule has 0 saturated carbocycles. The van der Waals surface area contributed by atoms with Crippen molar-refractivity contribution in [3.05, 3.63) is 89.5 Å². The number of sulfonamides is 1. The first-order chi connectivity index (χ1) is 20.1. The van der Waals surface area contributed by atoms with Gasteiger partial charge in [0.15, 0.2) is 0 Å². The summed E-state index contributed by atoms with van der Waals surface area (Å²) in [4.78, 5) is 28.1. The van der Waals surface area contributed by atoms with E-state index >= 15 is 0 Å². The van der Waals surface area contributed by atoms with E-state index in [1.165, 1.54) is 12.1 Å². The summed E-state index contributed by atoms with van der Waals surface area (Å²) in [6.07, 6.45) is 0.582. The highest BCUT2D eigenvalue weighted by Crippen LogP contribution is 2.22. The van der Waals surface area contributed by atoms with Gasteiger partial charge in [-0.3, -0.25) is 9.59 Å². The van der Waals surface area contributed by atoms with Crippen LogP contribution in [0.3, 0.4) is 0 Å². The molecule has 2 atom stereocenters. The van der Waals surface area contributed by atoms with Crippen molar-refractivity contribution in [1.29, 1.82) is 0 Å². The number of carbonyl (C=O) groups is 2. The minimum Gasteiger partial charge on any atom is -0.497 e. The highest BCUT2D eigenvalue weighted by atomic mass is 32.2. The van der Waals surface area contributed by atoms with Gasteiger partial charge in [-0.1, -0.05) is 50.2 Å². The van der Waals surface area contributed by atoms with Gasteiger partial charge in [-0.2, -0.15) is 0 Å². The zero-order chi connectivity index (χ0) is 30.7. The predicted molar refractivity (Wildman–Crippen MR) is 163 cm³/mol. The second-order valence-electron chi connectivity index (χ2n) is 9.98. The molecule has 3 aromatic carbocycles. The Hall–Kier alpha value is -3.93. The highest BCUT2D eigenvalue weighted by molar-refractivity contribution is 7.89. The lowest BCUT2D eigenvalue weighted by Crippen LogP contribution is -2.51. The van der Waals surface area contributed by atoms with Gasteiger partial charge >= 0.3 is 0 Å². The van der Waals surface area contributed by atoms with Gasteiger partial charge in [0.25, 0.3) is 11.8 Å². The first-order valence-corrected chi connectivity index (χ1v) is 15.5. The molecule has 0 saturated heterocycles. The van der Waals surface area contributed by atoms with E-state index in [1.807, 2.05) is 62.4 Å². The first-order valence-electron chi connectivity index (χ1n) is 13.9. The van der Waals surface area contributed by atoms with Gasteiger partial charge < -0.3 is 25.4 Å². The molecule has 0 fully saturated rings. The van der Waals surface area contributed by atoms with Crippen LogP contribution in [0.25, 0.3) is 0 Å². The van der Waals surface area contributed by atoms with Crippen LogP contribution in [0, 0.1) is 0 Å². The van der Waals surface area contributed by atoms with Crippen LogP contribution in [-0.4, -0.2) is 69.1 Å². The average Bonchev–Trinajstić information content (AvgIpc) is 3.00. The first kappa shape index (κ1) is 32.6. The van der Waals surface area contributed by atoms with Gasteiger partial charge in [0.1, 0.15) is 5.75 Å². The van der Waals surface area contributed by atoms with E-state index in [1.54, 1.807) is 18.1 Å². The van der Waals surface area contributed by atoms with Crippen LogP contribution in [0.5, 0.6) is 5.75 Å². The molecule has 0 aliphatic rings. The number of aliphatic hydroxyl groups excluding tert-OH is 1. The van der Waals surface area contributed by atoms with Crippen LogP contribution >= 0.6 is 0 Å². The lowest BCUT2D eigenvalue weighted by atomic mass is 9.97. The number of aliphatic hydroxyl groups is 1. The molecule has 10 nitrogen and oxygen atoms in total. The van der Waals surface area contributed by atoms with E-state index in [0.717, 1.165) is 17.3 Å². The monoisotopic (exact) mass is 596 g/mol. The number of hydrogen-bond donors (Lipinski definition) is 4. The smallest absolute Gasteiger partial charge is 0.254 e. The highest BCUT2D eigenvalue weighted by Gasteiger charge is 2.31. The molecule has 0 heterocycles. The van der Waals surface area contributed by atoms with Crippen molar-refractivity contribution in [3.8, 4) is 5.75 Å². The second kappa shape index (κ2) is 15.3. The summed E-state index contributed by atoms with van der Waals surface area (Å²) >= 11 is 0. The summed E-state index contributed by atoms with van der Waals surface area (Å²) in [5, 5.41) is 22.8. The SMILES string of the molecule is CCCNC(=O)c1cc(C(=O)N(CCC)[C@@H](Cc2ccccc2)[C@H](O)CNc2cccc(OC)c2)cc(S(N)(=O)=O)c1. The molecule has 0 aliphatic heterocycles. The molecule has 2 amide bonds. The molecule has 3 aromatic rings. The number of primary sulfonamides is 1. The molecule has 0 radical (unpaired) electrons. The van der Waals surface area contributed by atoms with E-state index in [-0.39, 0.29) is 29.1 Å². The Kier molecular flexibility index (Phi) is 11.9. The number of benzene rings is 3. The Morgan fingerprint density at radius 3 is 2.33 bits per heavy atom. The zero-order valence-corrected chi connectivity index (χ0v) is 25.1. The lowest BCUT2D eigenvalue weighted by Gasteiger charge is -2.35. The van der Waals surface area contributed by atoms with Crippen LogP contribution in [0.4, 0.5) is 5.69 Å². The van der Waals surface area contributed by atoms with Gasteiger partial charge in [-0.25, -0.2) is 13.6 Å². The second-order valence-corrected chi connectivity index (χ2v) is 11.5. The fourth-order valence-corrected chi connectivity index (χ4v) is 5.17. The van der Waals surface area contributed by atoms with Crippen LogP contribution in [0.15, 0.2) is 77.7 Å². The molecule has 0 unspecified atom stereocenters. The Bertz CT molecular complexity index is 1450. The van der Waals surface area contributed by atoms with E-state index in [0.29, 0.717) is 31.6 Å². The number of amides is 2. The van der Waals surface area contributed by atoms with Gasteiger partial charge in [0.05, 0.1) is 24.2 Å².